The molecule has 4 N–H and O–H groups in total. The van der Waals surface area contributed by atoms with Crippen LogP contribution in [0.5, 0.6) is 0 Å². The van der Waals surface area contributed by atoms with Crippen LogP contribution < -0.4 is 16.0 Å². The minimum Gasteiger partial charge on any atom is -0.390 e. The Balaban J connectivity index is 1.39. The maximum absolute atomic E-state index is 12.4. The molecule has 0 fully saturated rings. The number of aromatic nitrogens is 1. The molecule has 1 aromatic heterocycles. The molecule has 1 aromatic carbocycles. The van der Waals surface area contributed by atoms with E-state index in [0.717, 1.165) is 19.5 Å². The first-order valence-corrected chi connectivity index (χ1v) is 10.5. The number of nitrogens with zero attached hydrogens (tertiary/aromatic N) is 2. The molecule has 10 heteroatoms. The number of hydrogen-bond acceptors (Lipinski definition) is 6. The van der Waals surface area contributed by atoms with Crippen LogP contribution in [0.25, 0.3) is 0 Å². The fourth-order valence-corrected chi connectivity index (χ4v) is 3.56. The topological polar surface area (TPSA) is 89.5 Å². The molecule has 174 valence electrons. The summed E-state index contributed by atoms with van der Waals surface area (Å²) < 4.78 is 36.3. The van der Waals surface area contributed by atoms with Crippen molar-refractivity contribution in [2.24, 2.45) is 0 Å². The second kappa shape index (κ2) is 11.3. The van der Waals surface area contributed by atoms with Crippen LogP contribution in [0.3, 0.4) is 0 Å². The lowest BCUT2D eigenvalue weighted by Gasteiger charge is -2.30. The summed E-state index contributed by atoms with van der Waals surface area (Å²) in [5.41, 5.74) is 2.95. The molecule has 32 heavy (non-hydrogen) atoms. The van der Waals surface area contributed by atoms with Gasteiger partial charge in [0, 0.05) is 51.0 Å². The third-order valence-corrected chi connectivity index (χ3v) is 5.13. The summed E-state index contributed by atoms with van der Waals surface area (Å²) in [6.07, 6.45) is -2.57. The number of aliphatic hydroxyl groups is 1. The lowest BCUT2D eigenvalue weighted by atomic mass is 10.00. The third kappa shape index (κ3) is 7.77. The number of carbonyl (C=O) groups excluding carboxylic acids is 1. The number of nitrogens with one attached hydrogen (secondary N) is 3. The number of fused-ring (bicyclic) bond motifs is 1. The summed E-state index contributed by atoms with van der Waals surface area (Å²) in [5, 5.41) is 18.2. The Morgan fingerprint density at radius 3 is 2.75 bits per heavy atom. The van der Waals surface area contributed by atoms with Gasteiger partial charge < -0.3 is 21.1 Å². The van der Waals surface area contributed by atoms with Gasteiger partial charge >= 0.3 is 6.18 Å². The molecule has 0 saturated carbocycles. The smallest absolute Gasteiger partial charge is 0.390 e. The van der Waals surface area contributed by atoms with E-state index in [1.54, 1.807) is 0 Å². The number of amides is 1. The van der Waals surface area contributed by atoms with E-state index in [0.29, 0.717) is 17.9 Å². The van der Waals surface area contributed by atoms with Crippen LogP contribution in [0.1, 0.15) is 21.5 Å². The maximum atomic E-state index is 12.4. The van der Waals surface area contributed by atoms with Crippen LogP contribution in [0, 0.1) is 0 Å². The molecular weight excluding hydrogens is 423 g/mol. The Bertz CT molecular complexity index is 894. The van der Waals surface area contributed by atoms with Crippen molar-refractivity contribution >= 4 is 11.7 Å². The minimum atomic E-state index is -4.25. The fraction of sp³-hybridized carbons (Fsp3) is 0.455. The lowest BCUT2D eigenvalue weighted by Crippen LogP contribution is -2.42. The summed E-state index contributed by atoms with van der Waals surface area (Å²) in [5.74, 6) is 0.0349. The molecule has 0 radical (unpaired) electrons. The van der Waals surface area contributed by atoms with Gasteiger partial charge in [0.15, 0.2) is 0 Å². The molecule has 3 rings (SSSR count). The molecule has 0 saturated heterocycles. The standard InChI is InChI=1S/C22H28F3N5O2/c23-22(24,25)15-26-8-9-28-20-11-17(5-7-27-20)21(32)29-12-19(31)14-30-10-6-16-3-1-2-4-18(16)13-30/h1-5,7,11,19,26,31H,6,8-10,12-15H2,(H,27,28)(H,29,32). The monoisotopic (exact) mass is 451 g/mol. The van der Waals surface area contributed by atoms with E-state index >= 15 is 0 Å². The van der Waals surface area contributed by atoms with Crippen molar-refractivity contribution in [1.29, 1.82) is 0 Å². The van der Waals surface area contributed by atoms with Crippen molar-refractivity contribution in [1.82, 2.24) is 20.5 Å². The van der Waals surface area contributed by atoms with E-state index in [1.807, 2.05) is 12.1 Å². The van der Waals surface area contributed by atoms with E-state index < -0.39 is 18.8 Å². The Morgan fingerprint density at radius 1 is 1.19 bits per heavy atom. The highest BCUT2D eigenvalue weighted by molar-refractivity contribution is 5.94. The number of carbonyl (C=O) groups is 1. The van der Waals surface area contributed by atoms with Crippen LogP contribution >= 0.6 is 0 Å². The fourth-order valence-electron chi connectivity index (χ4n) is 3.56. The SMILES string of the molecule is O=C(NCC(O)CN1CCc2ccccc2C1)c1ccnc(NCCNCC(F)(F)F)c1. The Kier molecular flexibility index (Phi) is 8.43. The molecule has 7 nitrogen and oxygen atoms in total. The van der Waals surface area contributed by atoms with Gasteiger partial charge in [0.1, 0.15) is 5.82 Å². The summed E-state index contributed by atoms with van der Waals surface area (Å²) >= 11 is 0. The third-order valence-electron chi connectivity index (χ3n) is 5.13. The van der Waals surface area contributed by atoms with E-state index in [1.165, 1.54) is 29.5 Å². The molecule has 0 spiro atoms. The van der Waals surface area contributed by atoms with Crippen molar-refractivity contribution in [2.45, 2.75) is 25.2 Å². The molecule has 0 aliphatic carbocycles. The van der Waals surface area contributed by atoms with Crippen LogP contribution in [-0.2, 0) is 13.0 Å². The Hall–Kier alpha value is -2.69. The molecular formula is C22H28F3N5O2. The molecule has 1 atom stereocenters. The number of β-amino-alcohol motifs (C(OH)–C–C–N with tert-alkyl or cyclic N) is 1. The van der Waals surface area contributed by atoms with Crippen LogP contribution in [0.4, 0.5) is 19.0 Å². The molecule has 2 aromatic rings. The van der Waals surface area contributed by atoms with Gasteiger partial charge in [0.25, 0.3) is 5.91 Å². The lowest BCUT2D eigenvalue weighted by molar-refractivity contribution is -0.124. The van der Waals surface area contributed by atoms with Gasteiger partial charge in [0.2, 0.25) is 0 Å². The van der Waals surface area contributed by atoms with Gasteiger partial charge in [-0.3, -0.25) is 9.69 Å². The number of anilines is 1. The zero-order valence-electron chi connectivity index (χ0n) is 17.7. The van der Waals surface area contributed by atoms with Crippen molar-refractivity contribution in [2.75, 3.05) is 44.6 Å². The van der Waals surface area contributed by atoms with Crippen molar-refractivity contribution in [3.8, 4) is 0 Å². The molecule has 1 aliphatic heterocycles. The zero-order valence-corrected chi connectivity index (χ0v) is 17.7. The largest absolute Gasteiger partial charge is 0.401 e. The average Bonchev–Trinajstić information content (AvgIpc) is 2.76. The van der Waals surface area contributed by atoms with Crippen molar-refractivity contribution < 1.29 is 23.1 Å². The Labute approximate surface area is 185 Å². The van der Waals surface area contributed by atoms with Gasteiger partial charge in [-0.05, 0) is 29.7 Å². The van der Waals surface area contributed by atoms with E-state index in [2.05, 4.69) is 38.0 Å². The molecule has 0 bridgehead atoms. The summed E-state index contributed by atoms with van der Waals surface area (Å²) in [7, 11) is 0. The molecule has 2 heterocycles. The predicted molar refractivity (Wildman–Crippen MR) is 115 cm³/mol. The van der Waals surface area contributed by atoms with E-state index in [9.17, 15) is 23.1 Å². The zero-order chi connectivity index (χ0) is 23.0. The average molecular weight is 451 g/mol. The second-order valence-corrected chi connectivity index (χ2v) is 7.77. The molecule has 1 aliphatic rings. The highest BCUT2D eigenvalue weighted by Crippen LogP contribution is 2.18. The number of hydrogen-bond donors (Lipinski definition) is 4. The second-order valence-electron chi connectivity index (χ2n) is 7.77. The normalized spacial score (nSPS) is 15.1. The van der Waals surface area contributed by atoms with E-state index in [-0.39, 0.29) is 25.5 Å². The highest BCUT2D eigenvalue weighted by Gasteiger charge is 2.25. The van der Waals surface area contributed by atoms with Crippen molar-refractivity contribution in [3.05, 3.63) is 59.3 Å². The van der Waals surface area contributed by atoms with Gasteiger partial charge in [-0.2, -0.15) is 13.2 Å². The first-order chi connectivity index (χ1) is 15.3. The number of halogens is 3. The maximum Gasteiger partial charge on any atom is 0.401 e. The summed E-state index contributed by atoms with van der Waals surface area (Å²) in [6.45, 7) is 1.48. The van der Waals surface area contributed by atoms with E-state index in [4.69, 9.17) is 0 Å². The van der Waals surface area contributed by atoms with Crippen LogP contribution in [0.2, 0.25) is 0 Å². The van der Waals surface area contributed by atoms with Gasteiger partial charge in [0.05, 0.1) is 12.6 Å². The van der Waals surface area contributed by atoms with Gasteiger partial charge in [-0.1, -0.05) is 24.3 Å². The highest BCUT2D eigenvalue weighted by atomic mass is 19.4. The van der Waals surface area contributed by atoms with Crippen molar-refractivity contribution in [3.63, 3.8) is 0 Å². The summed E-state index contributed by atoms with van der Waals surface area (Å²) in [6, 6.07) is 11.3. The number of aliphatic hydroxyl groups excluding tert-OH is 1. The molecule has 1 unspecified atom stereocenters. The number of rotatable bonds is 10. The Morgan fingerprint density at radius 2 is 1.97 bits per heavy atom. The minimum absolute atomic E-state index is 0.102. The quantitative estimate of drug-likeness (QED) is 0.412. The van der Waals surface area contributed by atoms with Crippen LogP contribution in [-0.4, -0.2) is 72.4 Å². The van der Waals surface area contributed by atoms with Crippen LogP contribution in [0.15, 0.2) is 42.6 Å². The molecule has 1 amide bonds. The van der Waals surface area contributed by atoms with Gasteiger partial charge in [-0.15, -0.1) is 0 Å². The number of benzene rings is 1. The summed E-state index contributed by atoms with van der Waals surface area (Å²) in [4.78, 5) is 18.6. The number of pyridine rings is 1. The van der Waals surface area contributed by atoms with Gasteiger partial charge in [-0.25, -0.2) is 4.98 Å². The first-order valence-electron chi connectivity index (χ1n) is 10.5. The number of alkyl halides is 3. The first kappa shape index (κ1) is 24.0. The predicted octanol–water partition coefficient (Wildman–Crippen LogP) is 1.79.